The fraction of sp³-hybridized carbons (Fsp3) is 0.333. The van der Waals surface area contributed by atoms with Gasteiger partial charge in [0.25, 0.3) is 5.91 Å². The third-order valence-electron chi connectivity index (χ3n) is 4.72. The standard InChI is InChI=1S/C18H20N6O3/c1-23-7-11(6-21-23)13-8-24(9-14-16(13)20-10-19-14)18(25)12-4-5-15(26-2)22-17(12)27-3/h4-7,10,13H,8-9H2,1-3H3,(H,19,20). The molecule has 9 heteroatoms. The number of hydrogen-bond donors (Lipinski definition) is 1. The number of pyridine rings is 1. The first-order valence-corrected chi connectivity index (χ1v) is 8.49. The van der Waals surface area contributed by atoms with E-state index >= 15 is 0 Å². The summed E-state index contributed by atoms with van der Waals surface area (Å²) < 4.78 is 12.2. The second kappa shape index (κ2) is 6.75. The molecule has 3 aromatic heterocycles. The Kier molecular flexibility index (Phi) is 4.27. The van der Waals surface area contributed by atoms with Gasteiger partial charge in [0.2, 0.25) is 11.8 Å². The van der Waals surface area contributed by atoms with Gasteiger partial charge in [-0.25, -0.2) is 4.98 Å². The number of carbonyl (C=O) groups is 1. The van der Waals surface area contributed by atoms with Gasteiger partial charge in [-0.15, -0.1) is 0 Å². The second-order valence-electron chi connectivity index (χ2n) is 6.36. The van der Waals surface area contributed by atoms with E-state index in [9.17, 15) is 4.79 Å². The molecule has 1 N–H and O–H groups in total. The van der Waals surface area contributed by atoms with Gasteiger partial charge in [0.05, 0.1) is 44.7 Å². The Balaban J connectivity index is 1.68. The summed E-state index contributed by atoms with van der Waals surface area (Å²) in [5.41, 5.74) is 3.28. The summed E-state index contributed by atoms with van der Waals surface area (Å²) >= 11 is 0. The lowest BCUT2D eigenvalue weighted by Crippen LogP contribution is -2.39. The maximum Gasteiger partial charge on any atom is 0.259 e. The van der Waals surface area contributed by atoms with Crippen LogP contribution in [0.5, 0.6) is 11.8 Å². The van der Waals surface area contributed by atoms with Crippen molar-refractivity contribution in [3.05, 3.63) is 53.4 Å². The van der Waals surface area contributed by atoms with Gasteiger partial charge < -0.3 is 19.4 Å². The van der Waals surface area contributed by atoms with Crippen LogP contribution in [0.1, 0.15) is 33.2 Å². The number of nitrogens with one attached hydrogen (secondary N) is 1. The number of H-pyrrole nitrogens is 1. The zero-order valence-corrected chi connectivity index (χ0v) is 15.3. The summed E-state index contributed by atoms with van der Waals surface area (Å²) in [5.74, 6) is 0.435. The van der Waals surface area contributed by atoms with E-state index in [2.05, 4.69) is 20.1 Å². The molecule has 0 aliphatic carbocycles. The van der Waals surface area contributed by atoms with Crippen molar-refractivity contribution in [2.24, 2.45) is 7.05 Å². The van der Waals surface area contributed by atoms with Crippen LogP contribution in [0, 0.1) is 0 Å². The molecule has 1 atom stereocenters. The molecule has 1 aliphatic heterocycles. The minimum Gasteiger partial charge on any atom is -0.481 e. The van der Waals surface area contributed by atoms with E-state index in [4.69, 9.17) is 9.47 Å². The summed E-state index contributed by atoms with van der Waals surface area (Å²) in [6, 6.07) is 3.33. The zero-order chi connectivity index (χ0) is 19.0. The molecule has 0 saturated heterocycles. The third-order valence-corrected chi connectivity index (χ3v) is 4.72. The van der Waals surface area contributed by atoms with Gasteiger partial charge in [0.1, 0.15) is 5.56 Å². The molecule has 0 bridgehead atoms. The number of imidazole rings is 1. The topological polar surface area (TPSA) is 98.2 Å². The first kappa shape index (κ1) is 17.1. The van der Waals surface area contributed by atoms with Crippen LogP contribution in [0.4, 0.5) is 0 Å². The van der Waals surface area contributed by atoms with E-state index in [1.165, 1.54) is 14.2 Å². The van der Waals surface area contributed by atoms with Gasteiger partial charge in [-0.2, -0.15) is 10.1 Å². The molecular weight excluding hydrogens is 348 g/mol. The minimum absolute atomic E-state index is 0.0464. The fourth-order valence-corrected chi connectivity index (χ4v) is 3.38. The average Bonchev–Trinajstić information content (AvgIpc) is 3.34. The maximum absolute atomic E-state index is 13.2. The predicted octanol–water partition coefficient (Wildman–Crippen LogP) is 1.34. The van der Waals surface area contributed by atoms with E-state index in [0.717, 1.165) is 17.0 Å². The molecule has 0 saturated carbocycles. The molecule has 1 unspecified atom stereocenters. The molecule has 27 heavy (non-hydrogen) atoms. The van der Waals surface area contributed by atoms with Crippen molar-refractivity contribution < 1.29 is 14.3 Å². The normalized spacial score (nSPS) is 16.1. The average molecular weight is 368 g/mol. The Hall–Kier alpha value is -3.36. The lowest BCUT2D eigenvalue weighted by Gasteiger charge is -2.32. The number of fused-ring (bicyclic) bond motifs is 1. The molecule has 1 aliphatic rings. The highest BCUT2D eigenvalue weighted by Crippen LogP contribution is 2.33. The Morgan fingerprint density at radius 2 is 2.15 bits per heavy atom. The molecule has 4 rings (SSSR count). The SMILES string of the molecule is COc1ccc(C(=O)N2Cc3[nH]cnc3C(c3cnn(C)c3)C2)c(OC)n1. The van der Waals surface area contributed by atoms with Crippen LogP contribution in [0.3, 0.4) is 0 Å². The first-order valence-electron chi connectivity index (χ1n) is 8.49. The number of amides is 1. The van der Waals surface area contributed by atoms with Crippen LogP contribution in [-0.4, -0.2) is 56.3 Å². The van der Waals surface area contributed by atoms with Crippen molar-refractivity contribution in [1.29, 1.82) is 0 Å². The Morgan fingerprint density at radius 1 is 1.30 bits per heavy atom. The van der Waals surface area contributed by atoms with Crippen molar-refractivity contribution in [2.75, 3.05) is 20.8 Å². The second-order valence-corrected chi connectivity index (χ2v) is 6.36. The van der Waals surface area contributed by atoms with Crippen LogP contribution in [-0.2, 0) is 13.6 Å². The molecule has 0 radical (unpaired) electrons. The number of methoxy groups -OCH3 is 2. The molecule has 0 aromatic carbocycles. The largest absolute Gasteiger partial charge is 0.481 e. The zero-order valence-electron chi connectivity index (χ0n) is 15.3. The molecule has 0 fully saturated rings. The number of aromatic amines is 1. The van der Waals surface area contributed by atoms with E-state index in [1.807, 2.05) is 19.4 Å². The van der Waals surface area contributed by atoms with E-state index in [0.29, 0.717) is 24.5 Å². The van der Waals surface area contributed by atoms with Crippen molar-refractivity contribution in [3.8, 4) is 11.8 Å². The van der Waals surface area contributed by atoms with Crippen LogP contribution in [0.2, 0.25) is 0 Å². The molecule has 140 valence electrons. The Labute approximate surface area is 155 Å². The first-order chi connectivity index (χ1) is 13.1. The third kappa shape index (κ3) is 3.01. The van der Waals surface area contributed by atoms with Crippen molar-refractivity contribution >= 4 is 5.91 Å². The van der Waals surface area contributed by atoms with Crippen LogP contribution in [0.15, 0.2) is 30.9 Å². The summed E-state index contributed by atoms with van der Waals surface area (Å²) in [6.07, 6.45) is 5.43. The van der Waals surface area contributed by atoms with E-state index < -0.39 is 0 Å². The van der Waals surface area contributed by atoms with Crippen molar-refractivity contribution in [2.45, 2.75) is 12.5 Å². The highest BCUT2D eigenvalue weighted by Gasteiger charge is 2.33. The fourth-order valence-electron chi connectivity index (χ4n) is 3.38. The minimum atomic E-state index is -0.156. The van der Waals surface area contributed by atoms with Gasteiger partial charge in [0, 0.05) is 37.3 Å². The predicted molar refractivity (Wildman–Crippen MR) is 95.7 cm³/mol. The number of aromatic nitrogens is 5. The van der Waals surface area contributed by atoms with E-state index in [-0.39, 0.29) is 17.7 Å². The molecule has 0 spiro atoms. The Bertz CT molecular complexity index is 979. The van der Waals surface area contributed by atoms with Crippen LogP contribution >= 0.6 is 0 Å². The summed E-state index contributed by atoms with van der Waals surface area (Å²) in [7, 11) is 4.88. The number of hydrogen-bond acceptors (Lipinski definition) is 6. The molecule has 1 amide bonds. The highest BCUT2D eigenvalue weighted by atomic mass is 16.5. The summed E-state index contributed by atoms with van der Waals surface area (Å²) in [6.45, 7) is 0.942. The smallest absolute Gasteiger partial charge is 0.259 e. The van der Waals surface area contributed by atoms with Gasteiger partial charge in [-0.05, 0) is 6.07 Å². The van der Waals surface area contributed by atoms with Gasteiger partial charge in [-0.3, -0.25) is 9.48 Å². The number of ether oxygens (including phenoxy) is 2. The Morgan fingerprint density at radius 3 is 2.85 bits per heavy atom. The molecule has 4 heterocycles. The van der Waals surface area contributed by atoms with Crippen molar-refractivity contribution in [3.63, 3.8) is 0 Å². The summed E-state index contributed by atoms with van der Waals surface area (Å²) in [5, 5.41) is 4.25. The number of nitrogens with zero attached hydrogens (tertiary/aromatic N) is 5. The number of aryl methyl sites for hydroxylation is 1. The molecular formula is C18H20N6O3. The van der Waals surface area contributed by atoms with E-state index in [1.54, 1.807) is 28.0 Å². The lowest BCUT2D eigenvalue weighted by molar-refractivity contribution is 0.0717. The van der Waals surface area contributed by atoms with Gasteiger partial charge in [0.15, 0.2) is 0 Å². The van der Waals surface area contributed by atoms with Gasteiger partial charge in [-0.1, -0.05) is 0 Å². The van der Waals surface area contributed by atoms with Gasteiger partial charge >= 0.3 is 0 Å². The number of carbonyl (C=O) groups excluding carboxylic acids is 1. The van der Waals surface area contributed by atoms with Crippen LogP contribution < -0.4 is 9.47 Å². The lowest BCUT2D eigenvalue weighted by atomic mass is 9.93. The highest BCUT2D eigenvalue weighted by molar-refractivity contribution is 5.96. The maximum atomic E-state index is 13.2. The molecule has 9 nitrogen and oxygen atoms in total. The quantitative estimate of drug-likeness (QED) is 0.746. The monoisotopic (exact) mass is 368 g/mol. The van der Waals surface area contributed by atoms with Crippen LogP contribution in [0.25, 0.3) is 0 Å². The van der Waals surface area contributed by atoms with Crippen molar-refractivity contribution in [1.82, 2.24) is 29.6 Å². The molecule has 3 aromatic rings. The summed E-state index contributed by atoms with van der Waals surface area (Å²) in [4.78, 5) is 26.8. The number of rotatable bonds is 4.